The predicted octanol–water partition coefficient (Wildman–Crippen LogP) is 4.68. The van der Waals surface area contributed by atoms with Crippen molar-refractivity contribution in [2.75, 3.05) is 5.43 Å². The van der Waals surface area contributed by atoms with Crippen LogP contribution in [0.1, 0.15) is 5.56 Å². The molecule has 142 valence electrons. The third-order valence-electron chi connectivity index (χ3n) is 4.03. The van der Waals surface area contributed by atoms with E-state index in [1.165, 1.54) is 6.07 Å². The number of aromatic amines is 1. The van der Waals surface area contributed by atoms with Crippen molar-refractivity contribution >= 4 is 12.2 Å². The molecular weight excluding hydrogens is 364 g/mol. The summed E-state index contributed by atoms with van der Waals surface area (Å²) in [6, 6.07) is 28.0. The SMILES string of the molecule is O=c1cc(-c2ccccc2)nc(N/N=C/c2cccc(Oc3ccccc3)c2)[nH]1. The van der Waals surface area contributed by atoms with Crippen LogP contribution < -0.4 is 15.7 Å². The van der Waals surface area contributed by atoms with Gasteiger partial charge in [-0.25, -0.2) is 10.4 Å². The summed E-state index contributed by atoms with van der Waals surface area (Å²) >= 11 is 0. The van der Waals surface area contributed by atoms with E-state index >= 15 is 0 Å². The number of nitrogens with zero attached hydrogens (tertiary/aromatic N) is 2. The molecule has 6 nitrogen and oxygen atoms in total. The Balaban J connectivity index is 1.47. The van der Waals surface area contributed by atoms with Crippen LogP contribution in [0.25, 0.3) is 11.3 Å². The van der Waals surface area contributed by atoms with E-state index in [0.29, 0.717) is 11.4 Å². The van der Waals surface area contributed by atoms with Crippen LogP contribution in [0.15, 0.2) is 101 Å². The first-order valence-corrected chi connectivity index (χ1v) is 9.05. The molecule has 0 atom stereocenters. The van der Waals surface area contributed by atoms with Gasteiger partial charge in [-0.05, 0) is 29.8 Å². The van der Waals surface area contributed by atoms with Gasteiger partial charge in [0.25, 0.3) is 5.56 Å². The molecule has 29 heavy (non-hydrogen) atoms. The molecule has 3 aromatic carbocycles. The van der Waals surface area contributed by atoms with Gasteiger partial charge in [-0.2, -0.15) is 5.10 Å². The molecule has 4 rings (SSSR count). The van der Waals surface area contributed by atoms with Crippen LogP contribution in [0, 0.1) is 0 Å². The molecule has 0 fully saturated rings. The molecule has 0 aliphatic carbocycles. The minimum absolute atomic E-state index is 0.255. The summed E-state index contributed by atoms with van der Waals surface area (Å²) in [4.78, 5) is 19.0. The zero-order valence-corrected chi connectivity index (χ0v) is 15.4. The van der Waals surface area contributed by atoms with Crippen molar-refractivity contribution in [3.8, 4) is 22.8 Å². The van der Waals surface area contributed by atoms with Gasteiger partial charge in [0, 0.05) is 11.6 Å². The van der Waals surface area contributed by atoms with Gasteiger partial charge in [0.05, 0.1) is 11.9 Å². The van der Waals surface area contributed by atoms with Gasteiger partial charge >= 0.3 is 0 Å². The van der Waals surface area contributed by atoms with Crippen molar-refractivity contribution in [3.05, 3.63) is 107 Å². The minimum atomic E-state index is -0.255. The van der Waals surface area contributed by atoms with E-state index in [2.05, 4.69) is 20.5 Å². The molecule has 0 spiro atoms. The predicted molar refractivity (Wildman–Crippen MR) is 114 cm³/mol. The van der Waals surface area contributed by atoms with Crippen LogP contribution in [-0.4, -0.2) is 16.2 Å². The number of benzene rings is 3. The zero-order chi connectivity index (χ0) is 19.9. The fraction of sp³-hybridized carbons (Fsp3) is 0. The van der Waals surface area contributed by atoms with E-state index in [4.69, 9.17) is 4.74 Å². The number of hydrogen-bond donors (Lipinski definition) is 2. The second kappa shape index (κ2) is 8.67. The lowest BCUT2D eigenvalue weighted by atomic mass is 10.1. The normalized spacial score (nSPS) is 10.8. The third-order valence-corrected chi connectivity index (χ3v) is 4.03. The molecule has 6 heteroatoms. The molecule has 0 radical (unpaired) electrons. The van der Waals surface area contributed by atoms with E-state index < -0.39 is 0 Å². The van der Waals surface area contributed by atoms with Crippen molar-refractivity contribution in [2.45, 2.75) is 0 Å². The van der Waals surface area contributed by atoms with Crippen LogP contribution in [0.3, 0.4) is 0 Å². The molecule has 0 saturated carbocycles. The highest BCUT2D eigenvalue weighted by atomic mass is 16.5. The highest BCUT2D eigenvalue weighted by Crippen LogP contribution is 2.21. The molecule has 0 unspecified atom stereocenters. The molecule has 1 aromatic heterocycles. The van der Waals surface area contributed by atoms with Crippen molar-refractivity contribution in [2.24, 2.45) is 5.10 Å². The van der Waals surface area contributed by atoms with E-state index in [0.717, 1.165) is 16.9 Å². The molecule has 4 aromatic rings. The first-order valence-electron chi connectivity index (χ1n) is 9.05. The first-order chi connectivity index (χ1) is 14.3. The second-order valence-corrected chi connectivity index (χ2v) is 6.20. The monoisotopic (exact) mass is 382 g/mol. The summed E-state index contributed by atoms with van der Waals surface area (Å²) < 4.78 is 5.82. The molecule has 0 aliphatic rings. The summed E-state index contributed by atoms with van der Waals surface area (Å²) in [5, 5.41) is 4.17. The molecule has 0 aliphatic heterocycles. The first kappa shape index (κ1) is 18.2. The van der Waals surface area contributed by atoms with Gasteiger partial charge in [-0.15, -0.1) is 0 Å². The molecular formula is C23H18N4O2. The smallest absolute Gasteiger partial charge is 0.252 e. The number of para-hydroxylation sites is 1. The molecule has 0 bridgehead atoms. The van der Waals surface area contributed by atoms with Crippen molar-refractivity contribution < 1.29 is 4.74 Å². The maximum absolute atomic E-state index is 11.9. The number of H-pyrrole nitrogens is 1. The van der Waals surface area contributed by atoms with Gasteiger partial charge < -0.3 is 4.74 Å². The van der Waals surface area contributed by atoms with Crippen LogP contribution >= 0.6 is 0 Å². The number of hydrazone groups is 1. The maximum Gasteiger partial charge on any atom is 0.252 e. The summed E-state index contributed by atoms with van der Waals surface area (Å²) in [6.45, 7) is 0. The molecule has 0 saturated heterocycles. The summed E-state index contributed by atoms with van der Waals surface area (Å²) in [5.74, 6) is 1.74. The summed E-state index contributed by atoms with van der Waals surface area (Å²) in [6.07, 6.45) is 1.63. The maximum atomic E-state index is 11.9. The fourth-order valence-corrected chi connectivity index (χ4v) is 2.72. The fourth-order valence-electron chi connectivity index (χ4n) is 2.72. The minimum Gasteiger partial charge on any atom is -0.457 e. The lowest BCUT2D eigenvalue weighted by molar-refractivity contribution is 0.482. The highest BCUT2D eigenvalue weighted by molar-refractivity contribution is 5.80. The molecule has 0 amide bonds. The number of ether oxygens (including phenoxy) is 1. The van der Waals surface area contributed by atoms with Gasteiger partial charge in [0.1, 0.15) is 11.5 Å². The largest absolute Gasteiger partial charge is 0.457 e. The lowest BCUT2D eigenvalue weighted by Gasteiger charge is -2.06. The molecule has 2 N–H and O–H groups in total. The Morgan fingerprint density at radius 2 is 1.59 bits per heavy atom. The summed E-state index contributed by atoms with van der Waals surface area (Å²) in [5.41, 5.74) is 4.79. The number of aromatic nitrogens is 2. The Labute approximate surface area is 167 Å². The second-order valence-electron chi connectivity index (χ2n) is 6.20. The van der Waals surface area contributed by atoms with E-state index in [1.807, 2.05) is 84.9 Å². The number of hydrogen-bond acceptors (Lipinski definition) is 5. The van der Waals surface area contributed by atoms with E-state index in [-0.39, 0.29) is 11.5 Å². The Hall–Kier alpha value is -4.19. The Bertz CT molecular complexity index is 1170. The number of rotatable bonds is 6. The van der Waals surface area contributed by atoms with Crippen LogP contribution in [0.4, 0.5) is 5.95 Å². The van der Waals surface area contributed by atoms with Gasteiger partial charge in [0.2, 0.25) is 5.95 Å². The van der Waals surface area contributed by atoms with Gasteiger partial charge in [-0.3, -0.25) is 9.78 Å². The quantitative estimate of drug-likeness (QED) is 0.375. The summed E-state index contributed by atoms with van der Waals surface area (Å²) in [7, 11) is 0. The van der Waals surface area contributed by atoms with Crippen LogP contribution in [0.2, 0.25) is 0 Å². The Morgan fingerprint density at radius 1 is 0.862 bits per heavy atom. The standard InChI is InChI=1S/C23H18N4O2/c28-22-15-21(18-9-3-1-4-10-18)25-23(26-22)27-24-16-17-8-7-13-20(14-17)29-19-11-5-2-6-12-19/h1-16H,(H2,25,26,27,28)/b24-16+. The average Bonchev–Trinajstić information content (AvgIpc) is 2.75. The third kappa shape index (κ3) is 4.95. The Kier molecular flexibility index (Phi) is 5.43. The zero-order valence-electron chi connectivity index (χ0n) is 15.4. The van der Waals surface area contributed by atoms with Crippen LogP contribution in [-0.2, 0) is 0 Å². The van der Waals surface area contributed by atoms with E-state index in [1.54, 1.807) is 6.21 Å². The van der Waals surface area contributed by atoms with E-state index in [9.17, 15) is 4.79 Å². The average molecular weight is 382 g/mol. The Morgan fingerprint density at radius 3 is 2.38 bits per heavy atom. The lowest BCUT2D eigenvalue weighted by Crippen LogP contribution is -2.10. The van der Waals surface area contributed by atoms with Gasteiger partial charge in [0.15, 0.2) is 0 Å². The number of nitrogens with one attached hydrogen (secondary N) is 2. The van der Waals surface area contributed by atoms with Crippen molar-refractivity contribution in [1.82, 2.24) is 9.97 Å². The molecule has 1 heterocycles. The van der Waals surface area contributed by atoms with Crippen molar-refractivity contribution in [1.29, 1.82) is 0 Å². The van der Waals surface area contributed by atoms with Crippen LogP contribution in [0.5, 0.6) is 11.5 Å². The van der Waals surface area contributed by atoms with Gasteiger partial charge in [-0.1, -0.05) is 60.7 Å². The number of anilines is 1. The highest BCUT2D eigenvalue weighted by Gasteiger charge is 2.03. The van der Waals surface area contributed by atoms with Crippen molar-refractivity contribution in [3.63, 3.8) is 0 Å². The topological polar surface area (TPSA) is 79.4 Å².